The molecule has 102 valence electrons. The molecule has 2 N–H and O–H groups in total. The van der Waals surface area contributed by atoms with E-state index in [-0.39, 0.29) is 0 Å². The van der Waals surface area contributed by atoms with E-state index < -0.39 is 5.54 Å². The maximum absolute atomic E-state index is 6.21. The Morgan fingerprint density at radius 3 is 2.83 bits per heavy atom. The molecule has 6 nitrogen and oxygen atoms in total. The van der Waals surface area contributed by atoms with E-state index in [1.807, 2.05) is 6.92 Å². The van der Waals surface area contributed by atoms with Gasteiger partial charge in [-0.1, -0.05) is 5.16 Å². The van der Waals surface area contributed by atoms with Gasteiger partial charge in [0.1, 0.15) is 0 Å². The fourth-order valence-corrected chi connectivity index (χ4v) is 1.84. The average molecular weight is 255 g/mol. The summed E-state index contributed by atoms with van der Waals surface area (Å²) >= 11 is 0. The van der Waals surface area contributed by atoms with Crippen molar-refractivity contribution >= 4 is 0 Å². The molecule has 1 heterocycles. The summed E-state index contributed by atoms with van der Waals surface area (Å²) in [6.07, 6.45) is 2.92. The SMILES string of the molecule is COCCOCCc1noc(C(C)(N)C2CC2)n1. The highest BCUT2D eigenvalue weighted by Gasteiger charge is 2.43. The van der Waals surface area contributed by atoms with Crippen molar-refractivity contribution in [3.05, 3.63) is 11.7 Å². The van der Waals surface area contributed by atoms with E-state index in [9.17, 15) is 0 Å². The van der Waals surface area contributed by atoms with Crippen molar-refractivity contribution in [1.82, 2.24) is 10.1 Å². The monoisotopic (exact) mass is 255 g/mol. The predicted octanol–water partition coefficient (Wildman–Crippen LogP) is 0.859. The molecule has 1 saturated carbocycles. The molecular weight excluding hydrogens is 234 g/mol. The third kappa shape index (κ3) is 3.28. The number of nitrogens with two attached hydrogens (primary N) is 1. The minimum atomic E-state index is -0.484. The summed E-state index contributed by atoms with van der Waals surface area (Å²) in [7, 11) is 1.65. The van der Waals surface area contributed by atoms with E-state index >= 15 is 0 Å². The van der Waals surface area contributed by atoms with E-state index in [2.05, 4.69) is 10.1 Å². The molecule has 1 unspecified atom stereocenters. The number of rotatable bonds is 8. The van der Waals surface area contributed by atoms with Crippen LogP contribution in [0.3, 0.4) is 0 Å². The molecule has 2 rings (SSSR count). The highest BCUT2D eigenvalue weighted by molar-refractivity contribution is 5.07. The van der Waals surface area contributed by atoms with Crippen LogP contribution in [0.2, 0.25) is 0 Å². The normalized spacial score (nSPS) is 18.8. The van der Waals surface area contributed by atoms with Gasteiger partial charge < -0.3 is 19.7 Å². The van der Waals surface area contributed by atoms with Gasteiger partial charge in [0.2, 0.25) is 5.89 Å². The van der Waals surface area contributed by atoms with Gasteiger partial charge in [-0.05, 0) is 25.7 Å². The van der Waals surface area contributed by atoms with Crippen molar-refractivity contribution in [3.8, 4) is 0 Å². The molecule has 6 heteroatoms. The van der Waals surface area contributed by atoms with Crippen LogP contribution in [-0.4, -0.2) is 37.1 Å². The molecule has 0 amide bonds. The van der Waals surface area contributed by atoms with Gasteiger partial charge in [-0.25, -0.2) is 0 Å². The van der Waals surface area contributed by atoms with Gasteiger partial charge in [-0.3, -0.25) is 0 Å². The summed E-state index contributed by atoms with van der Waals surface area (Å²) < 4.78 is 15.5. The molecule has 1 atom stereocenters. The molecule has 1 aromatic heterocycles. The molecule has 1 aromatic rings. The van der Waals surface area contributed by atoms with Crippen molar-refractivity contribution in [1.29, 1.82) is 0 Å². The van der Waals surface area contributed by atoms with E-state index in [0.29, 0.717) is 43.9 Å². The Bertz CT molecular complexity index is 374. The number of methoxy groups -OCH3 is 1. The van der Waals surface area contributed by atoms with Gasteiger partial charge in [0.15, 0.2) is 5.82 Å². The van der Waals surface area contributed by atoms with Crippen LogP contribution in [-0.2, 0) is 21.4 Å². The van der Waals surface area contributed by atoms with Crippen molar-refractivity contribution in [2.75, 3.05) is 26.9 Å². The lowest BCUT2D eigenvalue weighted by molar-refractivity contribution is 0.0714. The van der Waals surface area contributed by atoms with Gasteiger partial charge >= 0.3 is 0 Å². The maximum atomic E-state index is 6.21. The van der Waals surface area contributed by atoms with Crippen molar-refractivity contribution in [2.45, 2.75) is 31.7 Å². The molecule has 1 aliphatic rings. The lowest BCUT2D eigenvalue weighted by Gasteiger charge is -2.18. The molecular formula is C12H21N3O3. The third-order valence-electron chi connectivity index (χ3n) is 3.26. The molecule has 0 spiro atoms. The van der Waals surface area contributed by atoms with Crippen LogP contribution < -0.4 is 5.73 Å². The van der Waals surface area contributed by atoms with Crippen LogP contribution in [0, 0.1) is 5.92 Å². The van der Waals surface area contributed by atoms with Crippen molar-refractivity contribution < 1.29 is 14.0 Å². The Morgan fingerprint density at radius 1 is 1.39 bits per heavy atom. The smallest absolute Gasteiger partial charge is 0.246 e. The standard InChI is InChI=1S/C12H21N3O3/c1-12(13,9-3-4-9)11-14-10(15-18-11)5-6-17-8-7-16-2/h9H,3-8,13H2,1-2H3. The highest BCUT2D eigenvalue weighted by atomic mass is 16.5. The summed E-state index contributed by atoms with van der Waals surface area (Å²) in [6.45, 7) is 3.70. The molecule has 1 fully saturated rings. The Balaban J connectivity index is 1.79. The number of ether oxygens (including phenoxy) is 2. The second kappa shape index (κ2) is 5.77. The Kier molecular flexibility index (Phi) is 4.31. The van der Waals surface area contributed by atoms with E-state index in [4.69, 9.17) is 19.7 Å². The summed E-state index contributed by atoms with van der Waals surface area (Å²) in [6, 6.07) is 0. The van der Waals surface area contributed by atoms with Gasteiger partial charge in [0.25, 0.3) is 0 Å². The van der Waals surface area contributed by atoms with E-state index in [1.165, 1.54) is 0 Å². The molecule has 0 bridgehead atoms. The first kappa shape index (κ1) is 13.5. The molecule has 0 aliphatic heterocycles. The predicted molar refractivity (Wildman–Crippen MR) is 65.0 cm³/mol. The van der Waals surface area contributed by atoms with Crippen LogP contribution in [0.5, 0.6) is 0 Å². The topological polar surface area (TPSA) is 83.4 Å². The lowest BCUT2D eigenvalue weighted by atomic mass is 9.97. The van der Waals surface area contributed by atoms with Crippen LogP contribution in [0.4, 0.5) is 0 Å². The number of aromatic nitrogens is 2. The minimum absolute atomic E-state index is 0.476. The van der Waals surface area contributed by atoms with Gasteiger partial charge in [-0.2, -0.15) is 4.98 Å². The van der Waals surface area contributed by atoms with Gasteiger partial charge in [0.05, 0.1) is 25.4 Å². The quantitative estimate of drug-likeness (QED) is 0.694. The molecule has 1 aliphatic carbocycles. The third-order valence-corrected chi connectivity index (χ3v) is 3.26. The maximum Gasteiger partial charge on any atom is 0.246 e. The zero-order chi connectivity index (χ0) is 13.0. The Labute approximate surface area is 107 Å². The van der Waals surface area contributed by atoms with Crippen LogP contribution in [0.25, 0.3) is 0 Å². The zero-order valence-electron chi connectivity index (χ0n) is 11.0. The first-order chi connectivity index (χ1) is 8.64. The fourth-order valence-electron chi connectivity index (χ4n) is 1.84. The highest BCUT2D eigenvalue weighted by Crippen LogP contribution is 2.43. The molecule has 0 radical (unpaired) electrons. The summed E-state index contributed by atoms with van der Waals surface area (Å²) in [5.74, 6) is 1.67. The molecule has 0 saturated heterocycles. The Hall–Kier alpha value is -0.980. The molecule has 0 aromatic carbocycles. The fraction of sp³-hybridized carbons (Fsp3) is 0.833. The largest absolute Gasteiger partial charge is 0.382 e. The second-order valence-electron chi connectivity index (χ2n) is 4.93. The van der Waals surface area contributed by atoms with E-state index in [0.717, 1.165) is 12.8 Å². The molecule has 18 heavy (non-hydrogen) atoms. The van der Waals surface area contributed by atoms with Crippen molar-refractivity contribution in [2.24, 2.45) is 11.7 Å². The van der Waals surface area contributed by atoms with Crippen LogP contribution in [0.1, 0.15) is 31.5 Å². The summed E-state index contributed by atoms with van der Waals surface area (Å²) in [4.78, 5) is 4.35. The first-order valence-corrected chi connectivity index (χ1v) is 6.33. The van der Waals surface area contributed by atoms with E-state index in [1.54, 1.807) is 7.11 Å². The average Bonchev–Trinajstić information content (AvgIpc) is 3.10. The summed E-state index contributed by atoms with van der Waals surface area (Å²) in [5.41, 5.74) is 5.72. The zero-order valence-corrected chi connectivity index (χ0v) is 11.0. The van der Waals surface area contributed by atoms with Crippen LogP contribution in [0.15, 0.2) is 4.52 Å². The first-order valence-electron chi connectivity index (χ1n) is 6.33. The number of nitrogens with zero attached hydrogens (tertiary/aromatic N) is 2. The Morgan fingerprint density at radius 2 is 2.17 bits per heavy atom. The van der Waals surface area contributed by atoms with Crippen LogP contribution >= 0.6 is 0 Å². The van der Waals surface area contributed by atoms with Gasteiger partial charge in [-0.15, -0.1) is 0 Å². The minimum Gasteiger partial charge on any atom is -0.382 e. The second-order valence-corrected chi connectivity index (χ2v) is 4.93. The number of hydrogen-bond donors (Lipinski definition) is 1. The van der Waals surface area contributed by atoms with Gasteiger partial charge in [0, 0.05) is 13.5 Å². The number of hydrogen-bond acceptors (Lipinski definition) is 6. The summed E-state index contributed by atoms with van der Waals surface area (Å²) in [5, 5.41) is 3.93. The lowest BCUT2D eigenvalue weighted by Crippen LogP contribution is -2.35. The van der Waals surface area contributed by atoms with Crippen molar-refractivity contribution in [3.63, 3.8) is 0 Å².